The normalized spacial score (nSPS) is 12.6. The van der Waals surface area contributed by atoms with Gasteiger partial charge in [0, 0.05) is 19.4 Å². The third-order valence-corrected chi connectivity index (χ3v) is 3.82. The number of ether oxygens (including phenoxy) is 1. The van der Waals surface area contributed by atoms with Crippen molar-refractivity contribution in [3.05, 3.63) is 35.9 Å². The maximum Gasteiger partial charge on any atom is 0.309 e. The fourth-order valence-electron chi connectivity index (χ4n) is 2.65. The molecule has 0 spiro atoms. The number of hydrogen-bond acceptors (Lipinski definition) is 4. The predicted octanol–water partition coefficient (Wildman–Crippen LogP) is 4.27. The van der Waals surface area contributed by atoms with E-state index < -0.39 is 5.60 Å². The summed E-state index contributed by atoms with van der Waals surface area (Å²) in [6, 6.07) is 10.2. The molecule has 1 aromatic carbocycles. The topological polar surface area (TPSA) is 55.4 Å². The van der Waals surface area contributed by atoms with E-state index in [-0.39, 0.29) is 17.7 Å². The average molecular weight is 347 g/mol. The summed E-state index contributed by atoms with van der Waals surface area (Å²) < 4.78 is 5.49. The van der Waals surface area contributed by atoms with Gasteiger partial charge in [-0.2, -0.15) is 0 Å². The summed E-state index contributed by atoms with van der Waals surface area (Å²) in [7, 11) is 0. The zero-order valence-electron chi connectivity index (χ0n) is 16.1. The third-order valence-electron chi connectivity index (χ3n) is 3.82. The Balaban J connectivity index is 2.43. The van der Waals surface area contributed by atoms with E-state index in [1.165, 1.54) is 5.56 Å². The molecule has 0 aliphatic rings. The summed E-state index contributed by atoms with van der Waals surface area (Å²) in [6.45, 7) is 9.18. The molecule has 0 aliphatic heterocycles. The Morgan fingerprint density at radius 1 is 1.16 bits per heavy atom. The minimum Gasteiger partial charge on any atom is -0.460 e. The Morgan fingerprint density at radius 3 is 2.44 bits per heavy atom. The van der Waals surface area contributed by atoms with Gasteiger partial charge in [0.25, 0.3) is 0 Å². The van der Waals surface area contributed by atoms with Crippen LogP contribution in [0.15, 0.2) is 30.3 Å². The van der Waals surface area contributed by atoms with Crippen LogP contribution in [0.4, 0.5) is 0 Å². The first kappa shape index (κ1) is 21.4. The highest BCUT2D eigenvalue weighted by atomic mass is 16.6. The van der Waals surface area contributed by atoms with E-state index in [2.05, 4.69) is 17.4 Å². The smallest absolute Gasteiger partial charge is 0.309 e. The number of esters is 1. The number of hydrogen-bond donors (Lipinski definition) is 1. The zero-order chi connectivity index (χ0) is 18.7. The molecule has 0 unspecified atom stereocenters. The molecule has 0 bridgehead atoms. The van der Waals surface area contributed by atoms with Crippen LogP contribution in [0.5, 0.6) is 0 Å². The van der Waals surface area contributed by atoms with Gasteiger partial charge in [0.05, 0.1) is 5.92 Å². The number of benzene rings is 1. The van der Waals surface area contributed by atoms with Crippen LogP contribution in [-0.2, 0) is 20.9 Å². The van der Waals surface area contributed by atoms with E-state index in [1.54, 1.807) is 0 Å². The molecule has 4 heteroatoms. The molecule has 140 valence electrons. The lowest BCUT2D eigenvalue weighted by Crippen LogP contribution is -2.30. The molecule has 1 atom stereocenters. The molecular weight excluding hydrogens is 314 g/mol. The van der Waals surface area contributed by atoms with Crippen molar-refractivity contribution >= 4 is 11.8 Å². The maximum atomic E-state index is 12.4. The molecule has 1 aromatic rings. The van der Waals surface area contributed by atoms with Gasteiger partial charge in [-0.15, -0.1) is 0 Å². The fraction of sp³-hybridized carbons (Fsp3) is 0.619. The third kappa shape index (κ3) is 10.0. The Morgan fingerprint density at radius 2 is 1.84 bits per heavy atom. The standard InChI is InChI=1S/C21H33NO3/c1-5-10-19(23)15-18(20(24)25-21(2,3)4)13-9-14-22-16-17-11-7-6-8-12-17/h6-8,11-12,18,22H,5,9-10,13-16H2,1-4H3/t18-/m1/s1. The van der Waals surface area contributed by atoms with Crippen molar-refractivity contribution in [2.45, 2.75) is 71.9 Å². The lowest BCUT2D eigenvalue weighted by molar-refractivity contribution is -0.161. The van der Waals surface area contributed by atoms with Gasteiger partial charge in [0.15, 0.2) is 0 Å². The van der Waals surface area contributed by atoms with Crippen LogP contribution in [0.2, 0.25) is 0 Å². The van der Waals surface area contributed by atoms with E-state index in [9.17, 15) is 9.59 Å². The van der Waals surface area contributed by atoms with Crippen molar-refractivity contribution in [1.82, 2.24) is 5.32 Å². The highest BCUT2D eigenvalue weighted by Crippen LogP contribution is 2.19. The van der Waals surface area contributed by atoms with E-state index >= 15 is 0 Å². The van der Waals surface area contributed by atoms with Gasteiger partial charge >= 0.3 is 5.97 Å². The van der Waals surface area contributed by atoms with Gasteiger partial charge in [-0.05, 0) is 52.1 Å². The Bertz CT molecular complexity index is 520. The van der Waals surface area contributed by atoms with Crippen molar-refractivity contribution in [2.75, 3.05) is 6.54 Å². The molecule has 0 radical (unpaired) electrons. The quantitative estimate of drug-likeness (QED) is 0.480. The lowest BCUT2D eigenvalue weighted by Gasteiger charge is -2.24. The molecule has 1 rings (SSSR count). The summed E-state index contributed by atoms with van der Waals surface area (Å²) in [4.78, 5) is 24.4. The Kier molecular flexibility index (Phi) is 9.43. The van der Waals surface area contributed by atoms with Gasteiger partial charge in [-0.3, -0.25) is 9.59 Å². The van der Waals surface area contributed by atoms with Crippen molar-refractivity contribution in [2.24, 2.45) is 5.92 Å². The maximum absolute atomic E-state index is 12.4. The minimum atomic E-state index is -0.519. The minimum absolute atomic E-state index is 0.149. The fourth-order valence-corrected chi connectivity index (χ4v) is 2.65. The summed E-state index contributed by atoms with van der Waals surface area (Å²) >= 11 is 0. The van der Waals surface area contributed by atoms with Crippen LogP contribution < -0.4 is 5.32 Å². The molecular formula is C21H33NO3. The number of ketones is 1. The molecule has 0 aromatic heterocycles. The predicted molar refractivity (Wildman–Crippen MR) is 101 cm³/mol. The summed E-state index contributed by atoms with van der Waals surface area (Å²) in [5, 5.41) is 3.39. The molecule has 0 fully saturated rings. The second kappa shape index (κ2) is 11.0. The first-order valence-electron chi connectivity index (χ1n) is 9.31. The van der Waals surface area contributed by atoms with E-state index in [0.29, 0.717) is 19.3 Å². The van der Waals surface area contributed by atoms with Crippen molar-refractivity contribution < 1.29 is 14.3 Å². The van der Waals surface area contributed by atoms with E-state index in [1.807, 2.05) is 45.9 Å². The Hall–Kier alpha value is -1.68. The van der Waals surface area contributed by atoms with Gasteiger partial charge in [0.2, 0.25) is 0 Å². The van der Waals surface area contributed by atoms with Gasteiger partial charge in [0.1, 0.15) is 11.4 Å². The number of carbonyl (C=O) groups excluding carboxylic acids is 2. The molecule has 0 aliphatic carbocycles. The summed E-state index contributed by atoms with van der Waals surface area (Å²) in [6.07, 6.45) is 3.16. The van der Waals surface area contributed by atoms with Crippen molar-refractivity contribution in [1.29, 1.82) is 0 Å². The van der Waals surface area contributed by atoms with Gasteiger partial charge in [-0.25, -0.2) is 0 Å². The van der Waals surface area contributed by atoms with Crippen LogP contribution in [0, 0.1) is 5.92 Å². The van der Waals surface area contributed by atoms with Crippen LogP contribution in [0.1, 0.15) is 65.4 Å². The first-order chi connectivity index (χ1) is 11.8. The first-order valence-corrected chi connectivity index (χ1v) is 9.31. The summed E-state index contributed by atoms with van der Waals surface area (Å²) in [5.74, 6) is -0.438. The largest absolute Gasteiger partial charge is 0.460 e. The molecule has 25 heavy (non-hydrogen) atoms. The monoisotopic (exact) mass is 347 g/mol. The highest BCUT2D eigenvalue weighted by molar-refractivity contribution is 5.84. The average Bonchev–Trinajstić information content (AvgIpc) is 2.53. The van der Waals surface area contributed by atoms with E-state index in [4.69, 9.17) is 4.74 Å². The molecule has 0 heterocycles. The molecule has 0 saturated carbocycles. The van der Waals surface area contributed by atoms with E-state index in [0.717, 1.165) is 25.9 Å². The SMILES string of the molecule is CCCC(=O)C[C@@H](CCCNCc1ccccc1)C(=O)OC(C)(C)C. The molecule has 0 amide bonds. The number of Topliss-reactive ketones (excluding diaryl/α,β-unsaturated/α-hetero) is 1. The van der Waals surface area contributed by atoms with Crippen LogP contribution in [0.25, 0.3) is 0 Å². The van der Waals surface area contributed by atoms with Crippen LogP contribution >= 0.6 is 0 Å². The van der Waals surface area contributed by atoms with Crippen molar-refractivity contribution in [3.63, 3.8) is 0 Å². The van der Waals surface area contributed by atoms with Crippen LogP contribution in [0.3, 0.4) is 0 Å². The highest BCUT2D eigenvalue weighted by Gasteiger charge is 2.26. The van der Waals surface area contributed by atoms with Gasteiger partial charge < -0.3 is 10.1 Å². The number of rotatable bonds is 11. The van der Waals surface area contributed by atoms with Crippen molar-refractivity contribution in [3.8, 4) is 0 Å². The zero-order valence-corrected chi connectivity index (χ0v) is 16.1. The van der Waals surface area contributed by atoms with Crippen LogP contribution in [-0.4, -0.2) is 23.9 Å². The molecule has 4 nitrogen and oxygen atoms in total. The molecule has 0 saturated heterocycles. The molecule has 1 N–H and O–H groups in total. The second-order valence-corrected chi connectivity index (χ2v) is 7.53. The summed E-state index contributed by atoms with van der Waals surface area (Å²) in [5.41, 5.74) is 0.721. The second-order valence-electron chi connectivity index (χ2n) is 7.53. The Labute approximate surface area is 152 Å². The van der Waals surface area contributed by atoms with Gasteiger partial charge in [-0.1, -0.05) is 37.3 Å². The number of carbonyl (C=O) groups is 2. The number of nitrogens with one attached hydrogen (secondary N) is 1. The lowest BCUT2D eigenvalue weighted by atomic mass is 9.95.